The predicted octanol–water partition coefficient (Wildman–Crippen LogP) is 1.50. The molecule has 0 saturated carbocycles. The highest BCUT2D eigenvalue weighted by molar-refractivity contribution is 7.98. The fraction of sp³-hybridized carbons (Fsp3) is 0.182. The van der Waals surface area contributed by atoms with Crippen LogP contribution in [-0.4, -0.2) is 26.2 Å². The lowest BCUT2D eigenvalue weighted by molar-refractivity contribution is 0.318. The molecular formula is C11H13N5OS. The molecule has 0 fully saturated rings. The Morgan fingerprint density at radius 2 is 2.39 bits per heavy atom. The Morgan fingerprint density at radius 3 is 3.06 bits per heavy atom. The Hall–Kier alpha value is -2.02. The fourth-order valence-corrected chi connectivity index (χ4v) is 2.20. The maximum Gasteiger partial charge on any atom is 0.208 e. The molecule has 0 aliphatic carbocycles. The lowest BCUT2D eigenvalue weighted by atomic mass is 10.1. The van der Waals surface area contributed by atoms with E-state index >= 15 is 0 Å². The van der Waals surface area contributed by atoms with E-state index in [0.29, 0.717) is 10.7 Å². The van der Waals surface area contributed by atoms with Crippen LogP contribution in [0.15, 0.2) is 34.6 Å². The van der Waals surface area contributed by atoms with Crippen molar-refractivity contribution in [3.05, 3.63) is 41.2 Å². The molecule has 2 rings (SSSR count). The van der Waals surface area contributed by atoms with Gasteiger partial charge >= 0.3 is 0 Å². The van der Waals surface area contributed by atoms with Gasteiger partial charge in [0.05, 0.1) is 0 Å². The van der Waals surface area contributed by atoms with E-state index in [1.165, 1.54) is 11.8 Å². The van der Waals surface area contributed by atoms with Gasteiger partial charge in [-0.15, -0.1) is 5.10 Å². The number of aromatic nitrogens is 3. The minimum Gasteiger partial charge on any atom is -0.409 e. The third-order valence-corrected chi connectivity index (χ3v) is 3.19. The van der Waals surface area contributed by atoms with Crippen LogP contribution in [0.2, 0.25) is 0 Å². The molecule has 94 valence electrons. The minimum absolute atomic E-state index is 0.107. The second kappa shape index (κ2) is 5.54. The van der Waals surface area contributed by atoms with E-state index in [4.69, 9.17) is 10.9 Å². The first-order chi connectivity index (χ1) is 8.69. The highest BCUT2D eigenvalue weighted by Crippen LogP contribution is 2.19. The number of benzene rings is 1. The van der Waals surface area contributed by atoms with E-state index < -0.39 is 0 Å². The van der Waals surface area contributed by atoms with Crippen molar-refractivity contribution >= 4 is 17.6 Å². The smallest absolute Gasteiger partial charge is 0.208 e. The molecule has 6 nitrogen and oxygen atoms in total. The molecule has 0 aliphatic rings. The second-order valence-corrected chi connectivity index (χ2v) is 4.62. The van der Waals surface area contributed by atoms with Crippen LogP contribution in [0.4, 0.5) is 0 Å². The van der Waals surface area contributed by atoms with Gasteiger partial charge in [-0.05, 0) is 18.6 Å². The first kappa shape index (κ1) is 12.4. The molecule has 1 aromatic carbocycles. The molecule has 1 aromatic heterocycles. The number of nitrogens with one attached hydrogen (secondary N) is 1. The number of hydrogen-bond acceptors (Lipinski definition) is 5. The summed E-state index contributed by atoms with van der Waals surface area (Å²) in [4.78, 5) is 4.21. The number of aryl methyl sites for hydroxylation is 1. The van der Waals surface area contributed by atoms with E-state index in [2.05, 4.69) is 20.3 Å². The van der Waals surface area contributed by atoms with Crippen molar-refractivity contribution in [2.75, 3.05) is 0 Å². The van der Waals surface area contributed by atoms with Gasteiger partial charge in [-0.25, -0.2) is 4.98 Å². The zero-order chi connectivity index (χ0) is 13.0. The van der Waals surface area contributed by atoms with E-state index in [0.717, 1.165) is 17.1 Å². The van der Waals surface area contributed by atoms with Crippen LogP contribution in [0.1, 0.15) is 17.0 Å². The number of nitrogens with two attached hydrogens (primary N) is 1. The summed E-state index contributed by atoms with van der Waals surface area (Å²) in [6.45, 7) is 1.86. The lowest BCUT2D eigenvalue weighted by Crippen LogP contribution is -2.13. The summed E-state index contributed by atoms with van der Waals surface area (Å²) in [6, 6.07) is 7.51. The summed E-state index contributed by atoms with van der Waals surface area (Å²) in [5, 5.41) is 19.1. The van der Waals surface area contributed by atoms with Crippen molar-refractivity contribution in [1.82, 2.24) is 15.2 Å². The molecule has 0 amide bonds. The third-order valence-electron chi connectivity index (χ3n) is 2.28. The van der Waals surface area contributed by atoms with Gasteiger partial charge < -0.3 is 10.9 Å². The molecule has 4 N–H and O–H groups in total. The average Bonchev–Trinajstić information content (AvgIpc) is 2.81. The summed E-state index contributed by atoms with van der Waals surface area (Å²) >= 11 is 1.53. The Bertz CT molecular complexity index is 566. The molecule has 7 heteroatoms. The van der Waals surface area contributed by atoms with E-state index in [9.17, 15) is 0 Å². The molecule has 0 unspecified atom stereocenters. The standard InChI is InChI=1S/C11H13N5OS/c1-7-13-11(15-14-7)18-6-8-3-2-4-9(5-8)10(12)16-17/h2-5,17H,6H2,1H3,(H2,12,16)(H,13,14,15). The first-order valence-corrected chi connectivity index (χ1v) is 6.26. The Morgan fingerprint density at radius 1 is 1.56 bits per heavy atom. The van der Waals surface area contributed by atoms with Gasteiger partial charge in [-0.3, -0.25) is 5.10 Å². The molecule has 2 aromatic rings. The van der Waals surface area contributed by atoms with E-state index in [-0.39, 0.29) is 5.84 Å². The molecule has 1 heterocycles. The minimum atomic E-state index is 0.107. The lowest BCUT2D eigenvalue weighted by Gasteiger charge is -2.02. The number of nitrogens with zero attached hydrogens (tertiary/aromatic N) is 3. The van der Waals surface area contributed by atoms with E-state index in [1.807, 2.05) is 25.1 Å². The quantitative estimate of drug-likeness (QED) is 0.255. The average molecular weight is 263 g/mol. The van der Waals surface area contributed by atoms with Crippen molar-refractivity contribution in [3.63, 3.8) is 0 Å². The van der Waals surface area contributed by atoms with Crippen LogP contribution in [0.3, 0.4) is 0 Å². The maximum absolute atomic E-state index is 8.62. The number of thioether (sulfide) groups is 1. The second-order valence-electron chi connectivity index (χ2n) is 3.68. The number of oxime groups is 1. The monoisotopic (exact) mass is 263 g/mol. The zero-order valence-electron chi connectivity index (χ0n) is 9.79. The van der Waals surface area contributed by atoms with E-state index in [1.54, 1.807) is 6.07 Å². The topological polar surface area (TPSA) is 100 Å². The van der Waals surface area contributed by atoms with Crippen LogP contribution in [0.25, 0.3) is 0 Å². The summed E-state index contributed by atoms with van der Waals surface area (Å²) in [6.07, 6.45) is 0. The van der Waals surface area contributed by atoms with Gasteiger partial charge in [0.15, 0.2) is 5.84 Å². The summed E-state index contributed by atoms with van der Waals surface area (Å²) in [7, 11) is 0. The van der Waals surface area contributed by atoms with Crippen molar-refractivity contribution in [1.29, 1.82) is 0 Å². The fourth-order valence-electron chi connectivity index (χ4n) is 1.41. The molecule has 0 saturated heterocycles. The maximum atomic E-state index is 8.62. The van der Waals surface area contributed by atoms with Gasteiger partial charge in [0, 0.05) is 11.3 Å². The van der Waals surface area contributed by atoms with Crippen LogP contribution in [-0.2, 0) is 5.75 Å². The Labute approximate surface area is 108 Å². The normalized spacial score (nSPS) is 11.7. The first-order valence-electron chi connectivity index (χ1n) is 5.27. The van der Waals surface area contributed by atoms with Gasteiger partial charge in [0.25, 0.3) is 0 Å². The number of aromatic amines is 1. The molecule has 0 radical (unpaired) electrons. The van der Waals surface area contributed by atoms with Crippen molar-refractivity contribution in [2.24, 2.45) is 10.9 Å². The summed E-state index contributed by atoms with van der Waals surface area (Å²) < 4.78 is 0. The summed E-state index contributed by atoms with van der Waals surface area (Å²) in [5.74, 6) is 1.63. The van der Waals surface area contributed by atoms with Crippen LogP contribution in [0.5, 0.6) is 0 Å². The zero-order valence-corrected chi connectivity index (χ0v) is 10.6. The highest BCUT2D eigenvalue weighted by Gasteiger charge is 2.04. The summed E-state index contributed by atoms with van der Waals surface area (Å²) in [5.41, 5.74) is 7.29. The molecule has 18 heavy (non-hydrogen) atoms. The number of hydrogen-bond donors (Lipinski definition) is 3. The molecule has 0 bridgehead atoms. The number of amidine groups is 1. The highest BCUT2D eigenvalue weighted by atomic mass is 32.2. The third kappa shape index (κ3) is 3.01. The van der Waals surface area contributed by atoms with Gasteiger partial charge in [0.1, 0.15) is 5.82 Å². The molecular weight excluding hydrogens is 250 g/mol. The number of rotatable bonds is 4. The van der Waals surface area contributed by atoms with Gasteiger partial charge in [-0.2, -0.15) is 0 Å². The van der Waals surface area contributed by atoms with Gasteiger partial charge in [-0.1, -0.05) is 35.1 Å². The van der Waals surface area contributed by atoms with Crippen molar-refractivity contribution in [3.8, 4) is 0 Å². The van der Waals surface area contributed by atoms with Crippen molar-refractivity contribution in [2.45, 2.75) is 17.8 Å². The molecule has 0 aliphatic heterocycles. The Balaban J connectivity index is 2.05. The number of H-pyrrole nitrogens is 1. The SMILES string of the molecule is Cc1nc(SCc2cccc(/C(N)=N/O)c2)n[nH]1. The largest absolute Gasteiger partial charge is 0.409 e. The predicted molar refractivity (Wildman–Crippen MR) is 69.6 cm³/mol. The molecule has 0 spiro atoms. The Kier molecular flexibility index (Phi) is 3.83. The van der Waals surface area contributed by atoms with Crippen LogP contribution in [0, 0.1) is 6.92 Å². The van der Waals surface area contributed by atoms with Crippen molar-refractivity contribution < 1.29 is 5.21 Å². The van der Waals surface area contributed by atoms with Crippen LogP contribution < -0.4 is 5.73 Å². The van der Waals surface area contributed by atoms with Gasteiger partial charge in [0.2, 0.25) is 5.16 Å². The molecule has 0 atom stereocenters. The van der Waals surface area contributed by atoms with Crippen LogP contribution >= 0.6 is 11.8 Å².